The molecule has 0 aromatic heterocycles. The first-order chi connectivity index (χ1) is 12.1. The second-order valence-corrected chi connectivity index (χ2v) is 7.72. The lowest BCUT2D eigenvalue weighted by atomic mass is 9.83. The van der Waals surface area contributed by atoms with Crippen molar-refractivity contribution in [1.82, 2.24) is 0 Å². The molecule has 0 spiro atoms. The van der Waals surface area contributed by atoms with Gasteiger partial charge < -0.3 is 18.9 Å². The molecule has 6 nitrogen and oxygen atoms in total. The molecule has 5 atom stereocenters. The molecule has 142 valence electrons. The summed E-state index contributed by atoms with van der Waals surface area (Å²) in [6.07, 6.45) is 4.77. The summed E-state index contributed by atoms with van der Waals surface area (Å²) in [5.41, 5.74) is 0.374. The lowest BCUT2D eigenvalue weighted by Crippen LogP contribution is -2.41. The summed E-state index contributed by atoms with van der Waals surface area (Å²) in [5.74, 6) is -2.55. The number of hydrogen-bond acceptors (Lipinski definition) is 6. The predicted molar refractivity (Wildman–Crippen MR) is 94.0 cm³/mol. The van der Waals surface area contributed by atoms with Crippen molar-refractivity contribution < 1.29 is 28.5 Å². The van der Waals surface area contributed by atoms with Gasteiger partial charge in [-0.15, -0.1) is 0 Å². The molecule has 2 bridgehead atoms. The van der Waals surface area contributed by atoms with Crippen LogP contribution in [0.1, 0.15) is 34.1 Å². The molecule has 3 aliphatic rings. The van der Waals surface area contributed by atoms with Crippen molar-refractivity contribution in [1.29, 1.82) is 0 Å². The van der Waals surface area contributed by atoms with Crippen LogP contribution in [-0.2, 0) is 28.5 Å². The zero-order valence-electron chi connectivity index (χ0n) is 15.9. The Labute approximate surface area is 153 Å². The molecule has 0 unspecified atom stereocenters. The van der Waals surface area contributed by atoms with E-state index in [1.54, 1.807) is 21.0 Å². The second kappa shape index (κ2) is 6.35. The van der Waals surface area contributed by atoms with E-state index in [0.717, 1.165) is 5.57 Å². The van der Waals surface area contributed by atoms with Crippen molar-refractivity contribution >= 4 is 11.9 Å². The van der Waals surface area contributed by atoms with Crippen molar-refractivity contribution in [2.24, 2.45) is 11.8 Å². The van der Waals surface area contributed by atoms with Crippen molar-refractivity contribution in [3.05, 3.63) is 36.0 Å². The third kappa shape index (κ3) is 3.01. The Balaban J connectivity index is 2.06. The SMILES string of the molecule is C=C1C(=O)O[C@@H]2C=C(C)[C@@]3(OC)C=C[C@@](C)(C[C@@H](OC(=O)C(C)C)[C@@H]12)O3. The van der Waals surface area contributed by atoms with Gasteiger partial charge in [-0.3, -0.25) is 4.79 Å². The summed E-state index contributed by atoms with van der Waals surface area (Å²) >= 11 is 0. The standard InChI is InChI=1S/C20H26O6/c1-11(2)17(21)25-15-10-19(5)7-8-20(23-6,26-19)12(3)9-14-16(15)13(4)18(22)24-14/h7-9,11,14-16H,4,10H2,1-3,5-6H3/t14-,15-,16+,19+,20-/m1/s1. The lowest BCUT2D eigenvalue weighted by Gasteiger charge is -2.34. The van der Waals surface area contributed by atoms with Gasteiger partial charge in [0.15, 0.2) is 0 Å². The minimum atomic E-state index is -1.02. The average molecular weight is 362 g/mol. The fraction of sp³-hybridized carbons (Fsp3) is 0.600. The van der Waals surface area contributed by atoms with E-state index in [2.05, 4.69) is 6.58 Å². The van der Waals surface area contributed by atoms with Crippen molar-refractivity contribution in [3.8, 4) is 0 Å². The highest BCUT2D eigenvalue weighted by Gasteiger charge is 2.52. The van der Waals surface area contributed by atoms with Crippen LogP contribution >= 0.6 is 0 Å². The van der Waals surface area contributed by atoms with Crippen LogP contribution in [0.4, 0.5) is 0 Å². The summed E-state index contributed by atoms with van der Waals surface area (Å²) in [5, 5.41) is 0. The molecule has 26 heavy (non-hydrogen) atoms. The van der Waals surface area contributed by atoms with Crippen LogP contribution in [0.3, 0.4) is 0 Å². The molecule has 0 aromatic rings. The average Bonchev–Trinajstić information content (AvgIpc) is 3.05. The van der Waals surface area contributed by atoms with Gasteiger partial charge in [-0.1, -0.05) is 26.5 Å². The molecule has 0 amide bonds. The molecule has 0 radical (unpaired) electrons. The highest BCUT2D eigenvalue weighted by molar-refractivity contribution is 5.91. The zero-order valence-corrected chi connectivity index (χ0v) is 15.9. The summed E-state index contributed by atoms with van der Waals surface area (Å²) in [6, 6.07) is 0. The topological polar surface area (TPSA) is 71.1 Å². The summed E-state index contributed by atoms with van der Waals surface area (Å²) < 4.78 is 23.2. The van der Waals surface area contributed by atoms with E-state index in [4.69, 9.17) is 18.9 Å². The minimum absolute atomic E-state index is 0.282. The van der Waals surface area contributed by atoms with Crippen LogP contribution in [-0.4, -0.2) is 42.6 Å². The van der Waals surface area contributed by atoms with Gasteiger partial charge >= 0.3 is 11.9 Å². The molecule has 3 aliphatic heterocycles. The van der Waals surface area contributed by atoms with E-state index in [-0.39, 0.29) is 11.9 Å². The van der Waals surface area contributed by atoms with Gasteiger partial charge in [-0.25, -0.2) is 4.79 Å². The molecule has 3 rings (SSSR count). The molecule has 0 saturated carbocycles. The number of carbonyl (C=O) groups is 2. The zero-order chi connectivity index (χ0) is 19.3. The van der Waals surface area contributed by atoms with E-state index in [1.807, 2.05) is 32.1 Å². The van der Waals surface area contributed by atoms with E-state index in [0.29, 0.717) is 12.0 Å². The van der Waals surface area contributed by atoms with Crippen LogP contribution in [0.2, 0.25) is 0 Å². The maximum Gasteiger partial charge on any atom is 0.334 e. The first-order valence-corrected chi connectivity index (χ1v) is 8.86. The van der Waals surface area contributed by atoms with Gasteiger partial charge in [0.05, 0.1) is 17.4 Å². The number of hydrogen-bond donors (Lipinski definition) is 0. The van der Waals surface area contributed by atoms with Crippen LogP contribution in [0.5, 0.6) is 0 Å². The number of ether oxygens (including phenoxy) is 4. The normalized spacial score (nSPS) is 39.0. The molecule has 6 heteroatoms. The molecule has 0 aromatic carbocycles. The smallest absolute Gasteiger partial charge is 0.334 e. The maximum atomic E-state index is 12.3. The van der Waals surface area contributed by atoms with Crippen LogP contribution in [0.25, 0.3) is 0 Å². The van der Waals surface area contributed by atoms with Crippen molar-refractivity contribution in [2.75, 3.05) is 7.11 Å². The van der Waals surface area contributed by atoms with Gasteiger partial charge in [-0.2, -0.15) is 0 Å². The van der Waals surface area contributed by atoms with Gasteiger partial charge in [0.2, 0.25) is 5.79 Å². The molecule has 0 N–H and O–H groups in total. The Morgan fingerprint density at radius 2 is 2.08 bits per heavy atom. The molecule has 1 saturated heterocycles. The largest absolute Gasteiger partial charge is 0.461 e. The quantitative estimate of drug-likeness (QED) is 0.437. The van der Waals surface area contributed by atoms with Gasteiger partial charge in [-0.05, 0) is 31.6 Å². The molecular weight excluding hydrogens is 336 g/mol. The summed E-state index contributed by atoms with van der Waals surface area (Å²) in [6.45, 7) is 11.2. The highest BCUT2D eigenvalue weighted by atomic mass is 16.7. The predicted octanol–water partition coefficient (Wildman–Crippen LogP) is 2.69. The Hall–Kier alpha value is -1.92. The fourth-order valence-electron chi connectivity index (χ4n) is 3.76. The Morgan fingerprint density at radius 1 is 1.38 bits per heavy atom. The van der Waals surface area contributed by atoms with Crippen LogP contribution < -0.4 is 0 Å². The van der Waals surface area contributed by atoms with Gasteiger partial charge in [0.1, 0.15) is 12.2 Å². The molecular formula is C20H26O6. The number of rotatable bonds is 3. The minimum Gasteiger partial charge on any atom is -0.461 e. The fourth-order valence-corrected chi connectivity index (χ4v) is 3.76. The molecule has 0 aliphatic carbocycles. The number of carbonyl (C=O) groups excluding carboxylic acids is 2. The summed E-state index contributed by atoms with van der Waals surface area (Å²) in [7, 11) is 1.57. The second-order valence-electron chi connectivity index (χ2n) is 7.72. The van der Waals surface area contributed by atoms with E-state index >= 15 is 0 Å². The van der Waals surface area contributed by atoms with E-state index in [9.17, 15) is 9.59 Å². The Morgan fingerprint density at radius 3 is 2.69 bits per heavy atom. The first kappa shape index (κ1) is 18.9. The first-order valence-electron chi connectivity index (χ1n) is 8.86. The lowest BCUT2D eigenvalue weighted by molar-refractivity contribution is -0.204. The van der Waals surface area contributed by atoms with E-state index in [1.165, 1.54) is 0 Å². The Kier molecular flexibility index (Phi) is 4.61. The third-order valence-corrected chi connectivity index (χ3v) is 5.31. The van der Waals surface area contributed by atoms with Gasteiger partial charge in [0, 0.05) is 19.1 Å². The molecule has 1 fully saturated rings. The molecule has 3 heterocycles. The van der Waals surface area contributed by atoms with Crippen molar-refractivity contribution in [3.63, 3.8) is 0 Å². The monoisotopic (exact) mass is 362 g/mol. The number of esters is 2. The summed E-state index contributed by atoms with van der Waals surface area (Å²) in [4.78, 5) is 24.4. The van der Waals surface area contributed by atoms with Gasteiger partial charge in [0.25, 0.3) is 0 Å². The number of fused-ring (bicyclic) bond motifs is 3. The third-order valence-electron chi connectivity index (χ3n) is 5.31. The van der Waals surface area contributed by atoms with Crippen LogP contribution in [0.15, 0.2) is 36.0 Å². The Bertz CT molecular complexity index is 705. The van der Waals surface area contributed by atoms with Crippen LogP contribution in [0, 0.1) is 11.8 Å². The maximum absolute atomic E-state index is 12.3. The highest BCUT2D eigenvalue weighted by Crippen LogP contribution is 2.45. The van der Waals surface area contributed by atoms with Crippen molar-refractivity contribution in [2.45, 2.75) is 57.7 Å². The van der Waals surface area contributed by atoms with E-state index < -0.39 is 35.5 Å². The number of methoxy groups -OCH3 is 1.